The molecule has 0 bridgehead atoms. The van der Waals surface area contributed by atoms with Crippen molar-refractivity contribution >= 4 is 35.1 Å². The van der Waals surface area contributed by atoms with Crippen LogP contribution in [0.1, 0.15) is 29.9 Å². The van der Waals surface area contributed by atoms with Crippen LogP contribution < -0.4 is 10.6 Å². The van der Waals surface area contributed by atoms with Crippen molar-refractivity contribution in [2.75, 3.05) is 5.32 Å². The molecule has 4 aromatic rings. The molecule has 2 amide bonds. The fourth-order valence-electron chi connectivity index (χ4n) is 3.44. The Morgan fingerprint density at radius 2 is 1.75 bits per heavy atom. The SMILES string of the molecule is Cc1ccc(Cl)cc1-n1c(SCc2ccc(F)cc2)nnc1C(C)NC(=O)Nc1ccc(F)cc1F. The zero-order valence-electron chi connectivity index (χ0n) is 19.2. The van der Waals surface area contributed by atoms with Crippen LogP contribution in [0, 0.1) is 24.4 Å². The van der Waals surface area contributed by atoms with Crippen LogP contribution in [0.5, 0.6) is 0 Å². The molecular weight excluding hydrogens is 511 g/mol. The lowest BCUT2D eigenvalue weighted by Crippen LogP contribution is -2.33. The van der Waals surface area contributed by atoms with Crippen molar-refractivity contribution in [3.63, 3.8) is 0 Å². The minimum absolute atomic E-state index is 0.163. The molecule has 4 rings (SSSR count). The van der Waals surface area contributed by atoms with Crippen LogP contribution in [0.2, 0.25) is 5.02 Å². The van der Waals surface area contributed by atoms with Crippen LogP contribution in [0.4, 0.5) is 23.7 Å². The number of hydrogen-bond acceptors (Lipinski definition) is 4. The van der Waals surface area contributed by atoms with Gasteiger partial charge in [0.05, 0.1) is 17.4 Å². The molecule has 1 aromatic heterocycles. The van der Waals surface area contributed by atoms with E-state index in [-0.39, 0.29) is 11.5 Å². The van der Waals surface area contributed by atoms with E-state index in [4.69, 9.17) is 11.6 Å². The summed E-state index contributed by atoms with van der Waals surface area (Å²) < 4.78 is 42.2. The predicted octanol–water partition coefficient (Wildman–Crippen LogP) is 6.82. The highest BCUT2D eigenvalue weighted by molar-refractivity contribution is 7.98. The van der Waals surface area contributed by atoms with Gasteiger partial charge < -0.3 is 10.6 Å². The van der Waals surface area contributed by atoms with Gasteiger partial charge in [-0.3, -0.25) is 4.57 Å². The summed E-state index contributed by atoms with van der Waals surface area (Å²) in [5, 5.41) is 14.7. The number of aryl methyl sites for hydroxylation is 1. The molecule has 6 nitrogen and oxygen atoms in total. The molecule has 0 saturated carbocycles. The summed E-state index contributed by atoms with van der Waals surface area (Å²) in [6.07, 6.45) is 0. The van der Waals surface area contributed by atoms with E-state index in [1.165, 1.54) is 23.9 Å². The van der Waals surface area contributed by atoms with Gasteiger partial charge in [0.25, 0.3) is 0 Å². The molecule has 0 fully saturated rings. The van der Waals surface area contributed by atoms with Gasteiger partial charge in [0.1, 0.15) is 17.5 Å². The molecule has 3 aromatic carbocycles. The highest BCUT2D eigenvalue weighted by Gasteiger charge is 2.23. The third kappa shape index (κ3) is 6.00. The number of halogens is 4. The topological polar surface area (TPSA) is 71.8 Å². The Morgan fingerprint density at radius 3 is 2.47 bits per heavy atom. The van der Waals surface area contributed by atoms with Gasteiger partial charge in [-0.25, -0.2) is 18.0 Å². The van der Waals surface area contributed by atoms with E-state index >= 15 is 0 Å². The van der Waals surface area contributed by atoms with Crippen molar-refractivity contribution in [2.45, 2.75) is 30.8 Å². The van der Waals surface area contributed by atoms with Crippen LogP contribution in [0.3, 0.4) is 0 Å². The lowest BCUT2D eigenvalue weighted by molar-refractivity contribution is 0.248. The molecule has 0 spiro atoms. The van der Waals surface area contributed by atoms with Crippen molar-refractivity contribution in [1.82, 2.24) is 20.1 Å². The molecule has 0 aliphatic carbocycles. The number of carbonyl (C=O) groups is 1. The van der Waals surface area contributed by atoms with Gasteiger partial charge in [0.2, 0.25) is 0 Å². The molecule has 1 atom stereocenters. The summed E-state index contributed by atoms with van der Waals surface area (Å²) in [7, 11) is 0. The van der Waals surface area contributed by atoms with Crippen molar-refractivity contribution in [3.8, 4) is 5.69 Å². The molecule has 1 heterocycles. The number of amides is 2. The number of nitrogens with zero attached hydrogens (tertiary/aromatic N) is 3. The summed E-state index contributed by atoms with van der Waals surface area (Å²) in [4.78, 5) is 12.6. The Hall–Kier alpha value is -3.50. The molecule has 36 heavy (non-hydrogen) atoms. The summed E-state index contributed by atoms with van der Waals surface area (Å²) in [5.74, 6) is -1.04. The monoisotopic (exact) mass is 531 g/mol. The second-order valence-corrected chi connectivity index (χ2v) is 9.35. The van der Waals surface area contributed by atoms with Crippen molar-refractivity contribution in [3.05, 3.63) is 100 Å². The van der Waals surface area contributed by atoms with Gasteiger partial charge in [-0.05, 0) is 61.4 Å². The van der Waals surface area contributed by atoms with Crippen LogP contribution >= 0.6 is 23.4 Å². The number of rotatable bonds is 7. The Morgan fingerprint density at radius 1 is 1.03 bits per heavy atom. The maximum atomic E-state index is 13.9. The molecule has 1 unspecified atom stereocenters. The highest BCUT2D eigenvalue weighted by atomic mass is 35.5. The summed E-state index contributed by atoms with van der Waals surface area (Å²) in [5.41, 5.74) is 2.35. The highest BCUT2D eigenvalue weighted by Crippen LogP contribution is 2.30. The molecular formula is C25H21ClF3N5OS. The zero-order chi connectivity index (χ0) is 25.8. The van der Waals surface area contributed by atoms with Crippen molar-refractivity contribution in [1.29, 1.82) is 0 Å². The molecule has 0 aliphatic rings. The minimum atomic E-state index is -0.894. The molecule has 11 heteroatoms. The van der Waals surface area contributed by atoms with E-state index in [9.17, 15) is 18.0 Å². The third-order valence-electron chi connectivity index (χ3n) is 5.27. The van der Waals surface area contributed by atoms with Gasteiger partial charge in [-0.15, -0.1) is 10.2 Å². The Bertz CT molecular complexity index is 1400. The summed E-state index contributed by atoms with van der Waals surface area (Å²) in [6.45, 7) is 3.61. The van der Waals surface area contributed by atoms with Gasteiger partial charge in [0, 0.05) is 16.8 Å². The van der Waals surface area contributed by atoms with E-state index in [1.54, 1.807) is 35.8 Å². The number of aromatic nitrogens is 3. The van der Waals surface area contributed by atoms with Crippen LogP contribution in [-0.4, -0.2) is 20.8 Å². The summed E-state index contributed by atoms with van der Waals surface area (Å²) in [6, 6.07) is 13.1. The van der Waals surface area contributed by atoms with Crippen LogP contribution in [0.15, 0.2) is 65.8 Å². The number of carbonyl (C=O) groups excluding carboxylic acids is 1. The number of anilines is 1. The Kier molecular flexibility index (Phi) is 7.85. The normalized spacial score (nSPS) is 11.8. The number of urea groups is 1. The molecule has 0 saturated heterocycles. The third-order valence-corrected chi connectivity index (χ3v) is 6.50. The quantitative estimate of drug-likeness (QED) is 0.257. The van der Waals surface area contributed by atoms with E-state index in [2.05, 4.69) is 20.8 Å². The number of benzene rings is 3. The molecule has 0 aliphatic heterocycles. The van der Waals surface area contributed by atoms with Gasteiger partial charge in [0.15, 0.2) is 11.0 Å². The second-order valence-electron chi connectivity index (χ2n) is 7.97. The van der Waals surface area contributed by atoms with E-state index in [0.717, 1.165) is 28.9 Å². The zero-order valence-corrected chi connectivity index (χ0v) is 20.8. The lowest BCUT2D eigenvalue weighted by Gasteiger charge is -2.18. The van der Waals surface area contributed by atoms with Crippen LogP contribution in [-0.2, 0) is 5.75 Å². The predicted molar refractivity (Wildman–Crippen MR) is 134 cm³/mol. The number of nitrogens with one attached hydrogen (secondary N) is 2. The minimum Gasteiger partial charge on any atom is -0.328 e. The standard InChI is InChI=1S/C25H21ClF3N5OS/c1-14-3-6-17(26)11-22(14)34-23(32-33-25(34)36-13-16-4-7-18(27)8-5-16)15(2)30-24(35)31-21-10-9-19(28)12-20(21)29/h3-12,15H,13H2,1-2H3,(H2,30,31,35). The number of thioether (sulfide) groups is 1. The average Bonchev–Trinajstić information content (AvgIpc) is 3.26. The first-order chi connectivity index (χ1) is 17.2. The smallest absolute Gasteiger partial charge is 0.319 e. The van der Waals surface area contributed by atoms with Gasteiger partial charge in [-0.1, -0.05) is 41.6 Å². The largest absolute Gasteiger partial charge is 0.328 e. The fraction of sp³-hybridized carbons (Fsp3) is 0.160. The maximum Gasteiger partial charge on any atom is 0.319 e. The second kappa shape index (κ2) is 11.0. The first-order valence-corrected chi connectivity index (χ1v) is 12.2. The Labute approximate surface area is 214 Å². The van der Waals surface area contributed by atoms with Crippen LogP contribution in [0.25, 0.3) is 5.69 Å². The lowest BCUT2D eigenvalue weighted by atomic mass is 10.2. The molecule has 186 valence electrons. The van der Waals surface area contributed by atoms with Crippen molar-refractivity contribution in [2.24, 2.45) is 0 Å². The first-order valence-electron chi connectivity index (χ1n) is 10.8. The van der Waals surface area contributed by atoms with Gasteiger partial charge >= 0.3 is 6.03 Å². The van der Waals surface area contributed by atoms with E-state index in [1.807, 2.05) is 13.0 Å². The van der Waals surface area contributed by atoms with Gasteiger partial charge in [-0.2, -0.15) is 0 Å². The number of hydrogen-bond donors (Lipinski definition) is 2. The summed E-state index contributed by atoms with van der Waals surface area (Å²) >= 11 is 7.66. The van der Waals surface area contributed by atoms with E-state index < -0.39 is 23.7 Å². The molecule has 0 radical (unpaired) electrons. The van der Waals surface area contributed by atoms with Crippen molar-refractivity contribution < 1.29 is 18.0 Å². The first kappa shape index (κ1) is 25.6. The fourth-order valence-corrected chi connectivity index (χ4v) is 4.52. The average molecular weight is 532 g/mol. The van der Waals surface area contributed by atoms with E-state index in [0.29, 0.717) is 27.8 Å². The Balaban J connectivity index is 1.60. The molecule has 2 N–H and O–H groups in total. The maximum absolute atomic E-state index is 13.9.